The van der Waals surface area contributed by atoms with Crippen molar-refractivity contribution in [3.05, 3.63) is 46.2 Å². The minimum atomic E-state index is -0.564. The molecule has 0 heterocycles. The largest absolute Gasteiger partial charge is 0.455 e. The number of aliphatic imine (C=N–C) groups is 1. The molecule has 0 radical (unpaired) electrons. The second-order valence-corrected chi connectivity index (χ2v) is 5.08. The summed E-state index contributed by atoms with van der Waals surface area (Å²) in [5.41, 5.74) is 7.10. The van der Waals surface area contributed by atoms with Gasteiger partial charge in [0.05, 0.1) is 11.4 Å². The van der Waals surface area contributed by atoms with Gasteiger partial charge in [0.1, 0.15) is 16.6 Å². The number of nitrogens with zero attached hydrogens (tertiary/aromatic N) is 1. The van der Waals surface area contributed by atoms with Crippen LogP contribution in [0.25, 0.3) is 0 Å². The van der Waals surface area contributed by atoms with Crippen LogP contribution >= 0.6 is 11.6 Å². The molecule has 0 aliphatic rings. The molecule has 0 aliphatic carbocycles. The Bertz CT molecular complexity index is 776. The summed E-state index contributed by atoms with van der Waals surface area (Å²) in [5.74, 6) is -0.290. The van der Waals surface area contributed by atoms with Gasteiger partial charge in [0, 0.05) is 17.2 Å². The molecule has 0 aliphatic heterocycles. The predicted molar refractivity (Wildman–Crippen MR) is 97.6 cm³/mol. The summed E-state index contributed by atoms with van der Waals surface area (Å²) >= 11 is 6.02. The number of ketones is 1. The van der Waals surface area contributed by atoms with Gasteiger partial charge in [0.2, 0.25) is 0 Å². The van der Waals surface area contributed by atoms with E-state index in [1.807, 2.05) is 13.8 Å². The zero-order valence-electron chi connectivity index (χ0n) is 14.1. The van der Waals surface area contributed by atoms with Crippen molar-refractivity contribution in [2.45, 2.75) is 27.7 Å². The lowest BCUT2D eigenvalue weighted by Gasteiger charge is -2.14. The van der Waals surface area contributed by atoms with Gasteiger partial charge in [-0.05, 0) is 38.8 Å². The molecule has 0 saturated carbocycles. The Balaban J connectivity index is 0.00000139. The minimum absolute atomic E-state index is 0.0745. The second kappa shape index (κ2) is 8.45. The normalized spacial score (nSPS) is 9.75. The highest BCUT2D eigenvalue weighted by molar-refractivity contribution is 6.34. The smallest absolute Gasteiger partial charge is 0.162 e. The van der Waals surface area contributed by atoms with Crippen LogP contribution in [0.15, 0.2) is 29.3 Å². The van der Waals surface area contributed by atoms with Crippen molar-refractivity contribution in [1.29, 1.82) is 0 Å². The molecule has 4 nitrogen and oxygen atoms in total. The average molecular weight is 351 g/mol. The number of hydrogen-bond donors (Lipinski definition) is 1. The molecule has 2 aromatic carbocycles. The molecule has 0 saturated heterocycles. The van der Waals surface area contributed by atoms with Crippen molar-refractivity contribution in [3.63, 3.8) is 0 Å². The average Bonchev–Trinajstić information content (AvgIpc) is 2.55. The molecule has 0 bridgehead atoms. The first-order valence-electron chi connectivity index (χ1n) is 7.38. The van der Waals surface area contributed by atoms with E-state index in [0.29, 0.717) is 22.6 Å². The highest BCUT2D eigenvalue weighted by Gasteiger charge is 2.16. The van der Waals surface area contributed by atoms with Crippen LogP contribution in [-0.2, 0) is 0 Å². The first-order chi connectivity index (χ1) is 11.3. The Hall–Kier alpha value is -2.40. The van der Waals surface area contributed by atoms with Crippen LogP contribution in [0.5, 0.6) is 11.5 Å². The molecule has 2 N–H and O–H groups in total. The molecule has 128 valence electrons. The summed E-state index contributed by atoms with van der Waals surface area (Å²) in [5, 5.41) is 0.107. The first kappa shape index (κ1) is 19.6. The molecule has 2 aromatic rings. The fraction of sp³-hybridized carbons (Fsp3) is 0.222. The maximum absolute atomic E-state index is 13.4. The maximum Gasteiger partial charge on any atom is 0.162 e. The summed E-state index contributed by atoms with van der Waals surface area (Å²) < 4.78 is 19.1. The Kier molecular flexibility index (Phi) is 6.92. The Labute approximate surface area is 146 Å². The van der Waals surface area contributed by atoms with E-state index in [-0.39, 0.29) is 22.2 Å². The number of nitrogens with two attached hydrogens (primary N) is 1. The summed E-state index contributed by atoms with van der Waals surface area (Å²) in [6.45, 7) is 10.6. The molecule has 0 spiro atoms. The van der Waals surface area contributed by atoms with Crippen molar-refractivity contribution in [2.24, 2.45) is 4.99 Å². The van der Waals surface area contributed by atoms with Crippen LogP contribution < -0.4 is 10.5 Å². The zero-order valence-corrected chi connectivity index (χ0v) is 14.9. The lowest BCUT2D eigenvalue weighted by Crippen LogP contribution is -2.00. The zero-order chi connectivity index (χ0) is 18.4. The quantitative estimate of drug-likeness (QED) is 0.435. The van der Waals surface area contributed by atoms with Crippen molar-refractivity contribution >= 4 is 35.5 Å². The lowest BCUT2D eigenvalue weighted by molar-refractivity contribution is 0.101. The number of anilines is 1. The molecule has 0 aromatic heterocycles. The van der Waals surface area contributed by atoms with Crippen LogP contribution in [0.3, 0.4) is 0 Å². The monoisotopic (exact) mass is 350 g/mol. The first-order valence-corrected chi connectivity index (χ1v) is 7.76. The number of halogens is 2. The van der Waals surface area contributed by atoms with Gasteiger partial charge in [-0.25, -0.2) is 4.39 Å². The third-order valence-electron chi connectivity index (χ3n) is 3.17. The van der Waals surface area contributed by atoms with E-state index >= 15 is 0 Å². The van der Waals surface area contributed by atoms with Crippen LogP contribution in [0.4, 0.5) is 15.8 Å². The summed E-state index contributed by atoms with van der Waals surface area (Å²) in [4.78, 5) is 15.6. The minimum Gasteiger partial charge on any atom is -0.455 e. The molecule has 2 rings (SSSR count). The van der Waals surface area contributed by atoms with Gasteiger partial charge < -0.3 is 10.5 Å². The third kappa shape index (κ3) is 4.11. The fourth-order valence-electron chi connectivity index (χ4n) is 2.14. The topological polar surface area (TPSA) is 64.7 Å². The molecule has 24 heavy (non-hydrogen) atoms. The number of ether oxygens (including phenoxy) is 1. The standard InChI is InChI=1S/C16H14ClFN2O2.C2H6/c1-8-13(5-4-12(20-3)15(8)9(2)21)22-14-7-10(18)6-11(19)16(14)17;1-2/h4-7H,3,19H2,1-2H3;1-2H3. The number of hydrogen-bond acceptors (Lipinski definition) is 4. The van der Waals surface area contributed by atoms with Gasteiger partial charge in [-0.1, -0.05) is 25.4 Å². The highest BCUT2D eigenvalue weighted by atomic mass is 35.5. The Morgan fingerprint density at radius 2 is 1.92 bits per heavy atom. The molecule has 0 unspecified atom stereocenters. The predicted octanol–water partition coefficient (Wildman–Crippen LogP) is 5.72. The summed E-state index contributed by atoms with van der Waals surface area (Å²) in [7, 11) is 0. The number of carbonyl (C=O) groups excluding carboxylic acids is 1. The van der Waals surface area contributed by atoms with Crippen LogP contribution in [0.2, 0.25) is 5.02 Å². The Morgan fingerprint density at radius 1 is 1.29 bits per heavy atom. The van der Waals surface area contributed by atoms with Gasteiger partial charge in [-0.2, -0.15) is 0 Å². The molecular formula is C18H20ClFN2O2. The fourth-order valence-corrected chi connectivity index (χ4v) is 2.29. The summed E-state index contributed by atoms with van der Waals surface area (Å²) in [6.07, 6.45) is 0. The van der Waals surface area contributed by atoms with Crippen LogP contribution in [0.1, 0.15) is 36.7 Å². The number of nitrogen functional groups attached to an aromatic ring is 1. The maximum atomic E-state index is 13.4. The number of Topliss-reactive ketones (excluding diaryl/α,β-unsaturated/α-hetero) is 1. The van der Waals surface area contributed by atoms with Gasteiger partial charge in [0.25, 0.3) is 0 Å². The van der Waals surface area contributed by atoms with E-state index in [4.69, 9.17) is 22.1 Å². The third-order valence-corrected chi connectivity index (χ3v) is 3.57. The van der Waals surface area contributed by atoms with E-state index < -0.39 is 5.82 Å². The molecular weight excluding hydrogens is 331 g/mol. The van der Waals surface area contributed by atoms with E-state index in [0.717, 1.165) is 12.1 Å². The Morgan fingerprint density at radius 3 is 2.46 bits per heavy atom. The molecule has 0 amide bonds. The van der Waals surface area contributed by atoms with Crippen molar-refractivity contribution in [2.75, 3.05) is 5.73 Å². The SMILES string of the molecule is C=Nc1ccc(Oc2cc(F)cc(N)c2Cl)c(C)c1C(C)=O.CC. The van der Waals surface area contributed by atoms with Crippen LogP contribution in [0, 0.1) is 12.7 Å². The van der Waals surface area contributed by atoms with E-state index in [1.165, 1.54) is 6.92 Å². The van der Waals surface area contributed by atoms with Gasteiger partial charge in [0.15, 0.2) is 11.5 Å². The highest BCUT2D eigenvalue weighted by Crippen LogP contribution is 2.38. The molecule has 0 atom stereocenters. The van der Waals surface area contributed by atoms with Crippen molar-refractivity contribution in [3.8, 4) is 11.5 Å². The summed E-state index contributed by atoms with van der Waals surface area (Å²) in [6, 6.07) is 5.45. The van der Waals surface area contributed by atoms with Crippen molar-refractivity contribution < 1.29 is 13.9 Å². The van der Waals surface area contributed by atoms with Crippen molar-refractivity contribution in [1.82, 2.24) is 0 Å². The molecule has 6 heteroatoms. The van der Waals surface area contributed by atoms with E-state index in [9.17, 15) is 9.18 Å². The van der Waals surface area contributed by atoms with E-state index in [2.05, 4.69) is 11.7 Å². The lowest BCUT2D eigenvalue weighted by atomic mass is 10.0. The number of carbonyl (C=O) groups is 1. The number of rotatable bonds is 4. The van der Waals surface area contributed by atoms with Crippen LogP contribution in [-0.4, -0.2) is 12.5 Å². The van der Waals surface area contributed by atoms with Gasteiger partial charge in [-0.3, -0.25) is 9.79 Å². The molecule has 0 fully saturated rings. The van der Waals surface area contributed by atoms with Gasteiger partial charge >= 0.3 is 0 Å². The van der Waals surface area contributed by atoms with Gasteiger partial charge in [-0.15, -0.1) is 0 Å². The van der Waals surface area contributed by atoms with E-state index in [1.54, 1.807) is 19.1 Å². The number of benzene rings is 2. The second-order valence-electron chi connectivity index (χ2n) is 4.71.